The van der Waals surface area contributed by atoms with E-state index in [2.05, 4.69) is 0 Å². The summed E-state index contributed by atoms with van der Waals surface area (Å²) >= 11 is 0. The minimum absolute atomic E-state index is 0.241. The Balaban J connectivity index is 2.04. The average Bonchev–Trinajstić information content (AvgIpc) is 3.13. The highest BCUT2D eigenvalue weighted by Crippen LogP contribution is 2.49. The van der Waals surface area contributed by atoms with Crippen molar-refractivity contribution in [2.24, 2.45) is 5.92 Å². The quantitative estimate of drug-likeness (QED) is 0.594. The number of carbonyl (C=O) groups is 1. The van der Waals surface area contributed by atoms with Crippen molar-refractivity contribution in [1.82, 2.24) is 0 Å². The lowest BCUT2D eigenvalue weighted by Gasteiger charge is -2.11. The van der Waals surface area contributed by atoms with Crippen LogP contribution in [0.3, 0.4) is 0 Å². The molecule has 98 valence electrons. The van der Waals surface area contributed by atoms with E-state index in [0.29, 0.717) is 12.5 Å². The van der Waals surface area contributed by atoms with Crippen LogP contribution < -0.4 is 0 Å². The van der Waals surface area contributed by atoms with Gasteiger partial charge in [0, 0.05) is 0 Å². The van der Waals surface area contributed by atoms with Crippen LogP contribution in [0.2, 0.25) is 0 Å². The minimum Gasteiger partial charge on any atom is -0.463 e. The summed E-state index contributed by atoms with van der Waals surface area (Å²) in [4.78, 5) is 11.9. The van der Waals surface area contributed by atoms with Gasteiger partial charge in [0.2, 0.25) is 0 Å². The van der Waals surface area contributed by atoms with E-state index in [1.807, 2.05) is 51.1 Å². The molecule has 1 aliphatic heterocycles. The number of carbonyl (C=O) groups excluding carboxylic acids is 1. The lowest BCUT2D eigenvalue weighted by Crippen LogP contribution is -2.22. The fourth-order valence-electron chi connectivity index (χ4n) is 2.15. The SMILES string of the molecule is CCC1(c2ccccc2)OC1C(=O)OCC(C)C. The molecule has 0 spiro atoms. The van der Waals surface area contributed by atoms with Crippen molar-refractivity contribution < 1.29 is 14.3 Å². The number of esters is 1. The van der Waals surface area contributed by atoms with E-state index >= 15 is 0 Å². The molecule has 2 unspecified atom stereocenters. The molecule has 0 aliphatic carbocycles. The fraction of sp³-hybridized carbons (Fsp3) is 0.533. The number of ether oxygens (including phenoxy) is 2. The maximum absolute atomic E-state index is 11.9. The normalized spacial score (nSPS) is 26.1. The number of benzene rings is 1. The molecular weight excluding hydrogens is 228 g/mol. The van der Waals surface area contributed by atoms with Gasteiger partial charge < -0.3 is 9.47 Å². The van der Waals surface area contributed by atoms with E-state index in [1.54, 1.807) is 0 Å². The first kappa shape index (κ1) is 13.1. The summed E-state index contributed by atoms with van der Waals surface area (Å²) < 4.78 is 10.9. The minimum atomic E-state index is -0.463. The molecule has 2 rings (SSSR count). The Bertz CT molecular complexity index is 413. The Morgan fingerprint density at radius 2 is 2.06 bits per heavy atom. The van der Waals surface area contributed by atoms with Crippen LogP contribution in [0.4, 0.5) is 0 Å². The molecule has 1 saturated heterocycles. The molecule has 1 aromatic rings. The molecule has 1 aliphatic rings. The molecule has 0 saturated carbocycles. The van der Waals surface area contributed by atoms with Crippen molar-refractivity contribution in [3.63, 3.8) is 0 Å². The van der Waals surface area contributed by atoms with Crippen LogP contribution in [0.15, 0.2) is 30.3 Å². The third-order valence-corrected chi connectivity index (χ3v) is 3.26. The van der Waals surface area contributed by atoms with Crippen LogP contribution in [0.5, 0.6) is 0 Å². The highest BCUT2D eigenvalue weighted by molar-refractivity contribution is 5.80. The molecular formula is C15H20O3. The standard InChI is InChI=1S/C15H20O3/c1-4-15(12-8-6-5-7-9-12)13(18-15)14(16)17-10-11(2)3/h5-9,11,13H,4,10H2,1-3H3. The zero-order chi connectivity index (χ0) is 13.2. The Morgan fingerprint density at radius 3 is 2.61 bits per heavy atom. The van der Waals surface area contributed by atoms with Crippen LogP contribution in [0, 0.1) is 5.92 Å². The van der Waals surface area contributed by atoms with Gasteiger partial charge in [-0.05, 0) is 17.9 Å². The highest BCUT2D eigenvalue weighted by atomic mass is 16.7. The summed E-state index contributed by atoms with van der Waals surface area (Å²) in [7, 11) is 0. The summed E-state index contributed by atoms with van der Waals surface area (Å²) in [6.45, 7) is 6.52. The van der Waals surface area contributed by atoms with E-state index in [9.17, 15) is 4.79 Å². The predicted octanol–water partition coefficient (Wildman–Crippen LogP) is 2.89. The Labute approximate surface area is 108 Å². The van der Waals surface area contributed by atoms with Crippen LogP contribution >= 0.6 is 0 Å². The van der Waals surface area contributed by atoms with Crippen LogP contribution in [0.1, 0.15) is 32.8 Å². The van der Waals surface area contributed by atoms with Crippen molar-refractivity contribution >= 4 is 5.97 Å². The van der Waals surface area contributed by atoms with Gasteiger partial charge >= 0.3 is 5.97 Å². The Kier molecular flexibility index (Phi) is 3.71. The summed E-state index contributed by atoms with van der Waals surface area (Å²) in [5.41, 5.74) is 0.592. The molecule has 0 aromatic heterocycles. The van der Waals surface area contributed by atoms with Gasteiger partial charge in [-0.3, -0.25) is 0 Å². The first-order valence-corrected chi connectivity index (χ1v) is 6.50. The van der Waals surface area contributed by atoms with Gasteiger partial charge in [-0.25, -0.2) is 4.79 Å². The zero-order valence-electron chi connectivity index (χ0n) is 11.2. The smallest absolute Gasteiger partial charge is 0.338 e. The van der Waals surface area contributed by atoms with Crippen molar-refractivity contribution in [3.05, 3.63) is 35.9 Å². The van der Waals surface area contributed by atoms with Gasteiger partial charge in [0.15, 0.2) is 6.10 Å². The lowest BCUT2D eigenvalue weighted by atomic mass is 9.93. The van der Waals surface area contributed by atoms with E-state index in [0.717, 1.165) is 12.0 Å². The number of hydrogen-bond acceptors (Lipinski definition) is 3. The third kappa shape index (κ3) is 2.41. The van der Waals surface area contributed by atoms with Crippen molar-refractivity contribution in [2.75, 3.05) is 6.61 Å². The number of hydrogen-bond donors (Lipinski definition) is 0. The topological polar surface area (TPSA) is 38.8 Å². The molecule has 1 aromatic carbocycles. The van der Waals surface area contributed by atoms with Crippen molar-refractivity contribution in [3.8, 4) is 0 Å². The van der Waals surface area contributed by atoms with Gasteiger partial charge in [-0.1, -0.05) is 51.1 Å². The summed E-state index contributed by atoms with van der Waals surface area (Å²) in [5, 5.41) is 0. The second-order valence-corrected chi connectivity index (χ2v) is 5.13. The first-order chi connectivity index (χ1) is 8.60. The van der Waals surface area contributed by atoms with E-state index in [4.69, 9.17) is 9.47 Å². The Morgan fingerprint density at radius 1 is 1.39 bits per heavy atom. The molecule has 3 heteroatoms. The van der Waals surface area contributed by atoms with Gasteiger partial charge in [-0.15, -0.1) is 0 Å². The van der Waals surface area contributed by atoms with Gasteiger partial charge in [-0.2, -0.15) is 0 Å². The Hall–Kier alpha value is -1.35. The van der Waals surface area contributed by atoms with Crippen molar-refractivity contribution in [2.45, 2.75) is 38.9 Å². The lowest BCUT2D eigenvalue weighted by molar-refractivity contribution is -0.146. The molecule has 2 atom stereocenters. The second kappa shape index (κ2) is 5.11. The number of rotatable bonds is 5. The molecule has 0 N–H and O–H groups in total. The molecule has 0 amide bonds. The fourth-order valence-corrected chi connectivity index (χ4v) is 2.15. The largest absolute Gasteiger partial charge is 0.463 e. The zero-order valence-corrected chi connectivity index (χ0v) is 11.2. The van der Waals surface area contributed by atoms with Gasteiger partial charge in [0.25, 0.3) is 0 Å². The molecule has 18 heavy (non-hydrogen) atoms. The molecule has 0 bridgehead atoms. The second-order valence-electron chi connectivity index (χ2n) is 5.13. The van der Waals surface area contributed by atoms with E-state index in [-0.39, 0.29) is 5.97 Å². The third-order valence-electron chi connectivity index (χ3n) is 3.26. The number of epoxide rings is 1. The van der Waals surface area contributed by atoms with Crippen molar-refractivity contribution in [1.29, 1.82) is 0 Å². The van der Waals surface area contributed by atoms with Gasteiger partial charge in [0.1, 0.15) is 5.60 Å². The molecule has 1 heterocycles. The maximum atomic E-state index is 11.9. The summed E-state index contributed by atoms with van der Waals surface area (Å²) in [6.07, 6.45) is 0.335. The summed E-state index contributed by atoms with van der Waals surface area (Å²) in [6, 6.07) is 9.88. The van der Waals surface area contributed by atoms with Crippen LogP contribution in [-0.2, 0) is 19.9 Å². The first-order valence-electron chi connectivity index (χ1n) is 6.50. The highest BCUT2D eigenvalue weighted by Gasteiger charge is 2.61. The van der Waals surface area contributed by atoms with Crippen LogP contribution in [-0.4, -0.2) is 18.7 Å². The van der Waals surface area contributed by atoms with Crippen LogP contribution in [0.25, 0.3) is 0 Å². The predicted molar refractivity (Wildman–Crippen MR) is 69.1 cm³/mol. The monoisotopic (exact) mass is 248 g/mol. The van der Waals surface area contributed by atoms with E-state index < -0.39 is 11.7 Å². The summed E-state index contributed by atoms with van der Waals surface area (Å²) in [5.74, 6) is 0.106. The molecule has 1 fully saturated rings. The van der Waals surface area contributed by atoms with Gasteiger partial charge in [0.05, 0.1) is 6.61 Å². The van der Waals surface area contributed by atoms with E-state index in [1.165, 1.54) is 0 Å². The molecule has 3 nitrogen and oxygen atoms in total. The molecule has 0 radical (unpaired) electrons. The maximum Gasteiger partial charge on any atom is 0.338 e. The average molecular weight is 248 g/mol.